The topological polar surface area (TPSA) is 12.0 Å². The van der Waals surface area contributed by atoms with Crippen molar-refractivity contribution in [2.24, 2.45) is 5.41 Å². The average Bonchev–Trinajstić information content (AvgIpc) is 2.89. The summed E-state index contributed by atoms with van der Waals surface area (Å²) < 4.78 is 28.8. The Bertz CT molecular complexity index is 456. The van der Waals surface area contributed by atoms with E-state index in [4.69, 9.17) is 0 Å². The molecule has 1 aliphatic carbocycles. The van der Waals surface area contributed by atoms with E-state index in [1.54, 1.807) is 7.05 Å². The summed E-state index contributed by atoms with van der Waals surface area (Å²) in [7, 11) is 1.79. The van der Waals surface area contributed by atoms with Crippen LogP contribution in [0.4, 0.5) is 8.78 Å². The summed E-state index contributed by atoms with van der Waals surface area (Å²) in [6.07, 6.45) is 5.28. The van der Waals surface area contributed by atoms with Gasteiger partial charge in [0.25, 0.3) is 0 Å². The van der Waals surface area contributed by atoms with Crippen LogP contribution in [0.3, 0.4) is 0 Å². The molecule has 0 saturated heterocycles. The molecule has 0 amide bonds. The monoisotopic (exact) mass is 331 g/mol. The fourth-order valence-electron chi connectivity index (χ4n) is 3.49. The molecular weight excluding hydrogens is 312 g/mol. The summed E-state index contributed by atoms with van der Waals surface area (Å²) in [6.45, 7) is 2.11. The van der Waals surface area contributed by atoms with Gasteiger partial charge in [-0.3, -0.25) is 0 Å². The lowest BCUT2D eigenvalue weighted by Crippen LogP contribution is -2.35. The second kappa shape index (κ2) is 5.88. The maximum Gasteiger partial charge on any atom is 0.145 e. The number of hydrogen-bond donors (Lipinski definition) is 1. The van der Waals surface area contributed by atoms with Gasteiger partial charge in [0.2, 0.25) is 0 Å². The molecule has 0 spiro atoms. The van der Waals surface area contributed by atoms with Crippen LogP contribution in [0.15, 0.2) is 16.6 Å². The number of hydrogen-bond acceptors (Lipinski definition) is 1. The van der Waals surface area contributed by atoms with Gasteiger partial charge < -0.3 is 5.32 Å². The Morgan fingerprint density at radius 1 is 1.32 bits per heavy atom. The Morgan fingerprint density at radius 3 is 2.47 bits per heavy atom. The van der Waals surface area contributed by atoms with Crippen molar-refractivity contribution in [3.8, 4) is 0 Å². The fraction of sp³-hybridized carbons (Fsp3) is 0.600. The normalized spacial score (nSPS) is 19.6. The van der Waals surface area contributed by atoms with E-state index in [9.17, 15) is 8.78 Å². The van der Waals surface area contributed by atoms with Gasteiger partial charge in [-0.05, 0) is 59.8 Å². The van der Waals surface area contributed by atoms with Crippen LogP contribution in [0.5, 0.6) is 0 Å². The van der Waals surface area contributed by atoms with Gasteiger partial charge in [0.05, 0.1) is 4.47 Å². The lowest BCUT2D eigenvalue weighted by Gasteiger charge is -2.37. The molecule has 0 aromatic heterocycles. The van der Waals surface area contributed by atoms with Gasteiger partial charge in [0.1, 0.15) is 11.6 Å². The zero-order chi connectivity index (χ0) is 14.0. The molecule has 1 aliphatic rings. The Morgan fingerprint density at radius 2 is 1.95 bits per heavy atom. The van der Waals surface area contributed by atoms with Crippen LogP contribution in [0.2, 0.25) is 0 Å². The van der Waals surface area contributed by atoms with Crippen LogP contribution < -0.4 is 5.32 Å². The molecule has 1 aromatic carbocycles. The van der Waals surface area contributed by atoms with Gasteiger partial charge in [0.15, 0.2) is 0 Å². The zero-order valence-electron chi connectivity index (χ0n) is 11.4. The molecule has 1 atom stereocenters. The summed E-state index contributed by atoms with van der Waals surface area (Å²) in [5.41, 5.74) is 0.151. The van der Waals surface area contributed by atoms with Crippen LogP contribution in [-0.4, -0.2) is 7.05 Å². The Balaban J connectivity index is 2.50. The second-order valence-corrected chi connectivity index (χ2v) is 6.26. The summed E-state index contributed by atoms with van der Waals surface area (Å²) in [5, 5.41) is 3.16. The smallest absolute Gasteiger partial charge is 0.145 e. The molecule has 19 heavy (non-hydrogen) atoms. The van der Waals surface area contributed by atoms with Gasteiger partial charge >= 0.3 is 0 Å². The first kappa shape index (κ1) is 14.9. The van der Waals surface area contributed by atoms with E-state index in [2.05, 4.69) is 28.2 Å². The first-order valence-corrected chi connectivity index (χ1v) is 7.65. The minimum atomic E-state index is -0.473. The van der Waals surface area contributed by atoms with Crippen molar-refractivity contribution in [3.05, 3.63) is 33.8 Å². The lowest BCUT2D eigenvalue weighted by atomic mass is 9.73. The molecule has 4 heteroatoms. The van der Waals surface area contributed by atoms with Crippen molar-refractivity contribution >= 4 is 15.9 Å². The van der Waals surface area contributed by atoms with Crippen molar-refractivity contribution < 1.29 is 8.78 Å². The predicted molar refractivity (Wildman–Crippen MR) is 77.1 cm³/mol. The first-order chi connectivity index (χ1) is 9.05. The summed E-state index contributed by atoms with van der Waals surface area (Å²) in [6, 6.07) is 2.50. The van der Waals surface area contributed by atoms with Crippen LogP contribution in [0.25, 0.3) is 0 Å². The van der Waals surface area contributed by atoms with E-state index >= 15 is 0 Å². The van der Waals surface area contributed by atoms with Crippen LogP contribution in [0.1, 0.15) is 50.6 Å². The number of rotatable bonds is 4. The van der Waals surface area contributed by atoms with Crippen molar-refractivity contribution in [1.29, 1.82) is 0 Å². The number of benzene rings is 1. The van der Waals surface area contributed by atoms with Gasteiger partial charge in [0, 0.05) is 11.6 Å². The molecule has 2 rings (SSSR count). The quantitative estimate of drug-likeness (QED) is 0.769. The van der Waals surface area contributed by atoms with E-state index < -0.39 is 11.6 Å². The third kappa shape index (κ3) is 2.57. The molecule has 106 valence electrons. The lowest BCUT2D eigenvalue weighted by molar-refractivity contribution is 0.187. The van der Waals surface area contributed by atoms with E-state index in [0.29, 0.717) is 4.47 Å². The Labute approximate surface area is 121 Å². The summed E-state index contributed by atoms with van der Waals surface area (Å²) >= 11 is 3.16. The fourth-order valence-corrected chi connectivity index (χ4v) is 3.84. The average molecular weight is 332 g/mol. The van der Waals surface area contributed by atoms with E-state index in [1.807, 2.05) is 0 Å². The highest BCUT2D eigenvalue weighted by molar-refractivity contribution is 9.10. The SMILES string of the molecule is CCC1(C(NC)c2c(F)ccc(Br)c2F)CCCC1. The van der Waals surface area contributed by atoms with Crippen molar-refractivity contribution in [2.45, 2.75) is 45.1 Å². The van der Waals surface area contributed by atoms with E-state index in [1.165, 1.54) is 12.1 Å². The minimum absolute atomic E-state index is 0.0305. The molecule has 0 radical (unpaired) electrons. The Kier molecular flexibility index (Phi) is 4.62. The zero-order valence-corrected chi connectivity index (χ0v) is 13.0. The highest BCUT2D eigenvalue weighted by atomic mass is 79.9. The highest BCUT2D eigenvalue weighted by Crippen LogP contribution is 2.51. The van der Waals surface area contributed by atoms with Crippen molar-refractivity contribution in [1.82, 2.24) is 5.32 Å². The highest BCUT2D eigenvalue weighted by Gasteiger charge is 2.42. The molecule has 0 aliphatic heterocycles. The van der Waals surface area contributed by atoms with Crippen molar-refractivity contribution in [3.63, 3.8) is 0 Å². The van der Waals surface area contributed by atoms with Crippen LogP contribution >= 0.6 is 15.9 Å². The van der Waals surface area contributed by atoms with E-state index in [0.717, 1.165) is 32.1 Å². The van der Waals surface area contributed by atoms with Gasteiger partial charge in [-0.25, -0.2) is 8.78 Å². The summed E-state index contributed by atoms with van der Waals surface area (Å²) in [4.78, 5) is 0. The molecular formula is C15H20BrF2N. The van der Waals surface area contributed by atoms with E-state index in [-0.39, 0.29) is 17.0 Å². The predicted octanol–water partition coefficient (Wildman–Crippen LogP) is 4.96. The van der Waals surface area contributed by atoms with Crippen molar-refractivity contribution in [2.75, 3.05) is 7.05 Å². The molecule has 0 heterocycles. The minimum Gasteiger partial charge on any atom is -0.312 e. The molecule has 1 unspecified atom stereocenters. The van der Waals surface area contributed by atoms with Gasteiger partial charge in [-0.15, -0.1) is 0 Å². The maximum absolute atomic E-state index is 14.3. The third-order valence-electron chi connectivity index (χ3n) is 4.57. The molecule has 1 aromatic rings. The standard InChI is InChI=1S/C15H20BrF2N/c1-3-15(8-4-5-9-15)14(19-2)12-11(17)7-6-10(16)13(12)18/h6-7,14,19H,3-5,8-9H2,1-2H3. The largest absolute Gasteiger partial charge is 0.312 e. The van der Waals surface area contributed by atoms with Gasteiger partial charge in [-0.2, -0.15) is 0 Å². The van der Waals surface area contributed by atoms with Crippen LogP contribution in [0, 0.1) is 17.0 Å². The number of nitrogens with one attached hydrogen (secondary N) is 1. The first-order valence-electron chi connectivity index (χ1n) is 6.86. The molecule has 1 saturated carbocycles. The molecule has 0 bridgehead atoms. The number of halogens is 3. The second-order valence-electron chi connectivity index (χ2n) is 5.40. The third-order valence-corrected chi connectivity index (χ3v) is 5.19. The molecule has 1 nitrogen and oxygen atoms in total. The van der Waals surface area contributed by atoms with Gasteiger partial charge in [-0.1, -0.05) is 19.8 Å². The molecule has 1 N–H and O–H groups in total. The van der Waals surface area contributed by atoms with Crippen LogP contribution in [-0.2, 0) is 0 Å². The maximum atomic E-state index is 14.3. The molecule has 1 fully saturated rings. The Hall–Kier alpha value is -0.480. The summed E-state index contributed by atoms with van der Waals surface area (Å²) in [5.74, 6) is -0.932.